The zero-order chi connectivity index (χ0) is 16.1. The lowest BCUT2D eigenvalue weighted by atomic mass is 9.91. The molecule has 1 saturated heterocycles. The topological polar surface area (TPSA) is 8.17 Å². The van der Waals surface area contributed by atoms with Crippen LogP contribution in [0.4, 0.5) is 0 Å². The van der Waals surface area contributed by atoms with E-state index in [0.29, 0.717) is 0 Å². The van der Waals surface area contributed by atoms with Crippen molar-refractivity contribution in [1.29, 1.82) is 0 Å². The molecule has 1 aromatic heterocycles. The third-order valence-corrected chi connectivity index (χ3v) is 5.77. The summed E-state index contributed by atoms with van der Waals surface area (Å²) in [7, 11) is 0. The number of nitrogens with zero attached hydrogens (tertiary/aromatic N) is 2. The molecule has 0 unspecified atom stereocenters. The Hall–Kier alpha value is -0.800. The van der Waals surface area contributed by atoms with E-state index in [1.807, 2.05) is 0 Å². The first kappa shape index (κ1) is 17.0. The summed E-state index contributed by atoms with van der Waals surface area (Å²) in [6, 6.07) is 8.78. The second-order valence-corrected chi connectivity index (χ2v) is 7.91. The highest BCUT2D eigenvalue weighted by Crippen LogP contribution is 2.23. The highest BCUT2D eigenvalue weighted by molar-refractivity contribution is 9.10. The van der Waals surface area contributed by atoms with Crippen LogP contribution in [0.5, 0.6) is 0 Å². The fraction of sp³-hybridized carbons (Fsp3) is 0.600. The zero-order valence-corrected chi connectivity index (χ0v) is 15.9. The molecule has 3 rings (SSSR count). The summed E-state index contributed by atoms with van der Waals surface area (Å²) < 4.78 is 3.56. The molecule has 2 heterocycles. The zero-order valence-electron chi connectivity index (χ0n) is 14.3. The van der Waals surface area contributed by atoms with Crippen molar-refractivity contribution in [3.8, 4) is 0 Å². The molecule has 0 bridgehead atoms. The van der Waals surface area contributed by atoms with Crippen molar-refractivity contribution in [3.63, 3.8) is 0 Å². The molecule has 1 fully saturated rings. The lowest BCUT2D eigenvalue weighted by Gasteiger charge is -2.32. The minimum Gasteiger partial charge on any atom is -0.347 e. The Labute approximate surface area is 149 Å². The Kier molecular flexibility index (Phi) is 6.18. The quantitative estimate of drug-likeness (QED) is 0.601. The third kappa shape index (κ3) is 4.60. The van der Waals surface area contributed by atoms with Gasteiger partial charge in [0.15, 0.2) is 0 Å². The van der Waals surface area contributed by atoms with Crippen molar-refractivity contribution in [1.82, 2.24) is 9.47 Å². The summed E-state index contributed by atoms with van der Waals surface area (Å²) in [5.74, 6) is 0.998. The van der Waals surface area contributed by atoms with Gasteiger partial charge in [0.2, 0.25) is 0 Å². The number of unbranched alkanes of at least 4 members (excludes halogenated alkanes) is 1. The number of likely N-dealkylation sites (tertiary alicyclic amines) is 1. The minimum absolute atomic E-state index is 0.998. The first-order chi connectivity index (χ1) is 11.3. The molecule has 1 aliphatic rings. The molecule has 0 aliphatic carbocycles. The first-order valence-corrected chi connectivity index (χ1v) is 10.0. The molecule has 0 radical (unpaired) electrons. The van der Waals surface area contributed by atoms with Gasteiger partial charge in [0.05, 0.1) is 0 Å². The summed E-state index contributed by atoms with van der Waals surface area (Å²) >= 11 is 3.55. The molecule has 0 saturated carbocycles. The van der Waals surface area contributed by atoms with Gasteiger partial charge in [0, 0.05) is 28.1 Å². The summed E-state index contributed by atoms with van der Waals surface area (Å²) in [5, 5.41) is 1.33. The maximum absolute atomic E-state index is 3.55. The number of hydrogen-bond acceptors (Lipinski definition) is 1. The first-order valence-electron chi connectivity index (χ1n) is 9.23. The Morgan fingerprint density at radius 2 is 1.91 bits per heavy atom. The van der Waals surface area contributed by atoms with Crippen molar-refractivity contribution >= 4 is 26.8 Å². The average Bonchev–Trinajstić information content (AvgIpc) is 2.96. The van der Waals surface area contributed by atoms with Gasteiger partial charge in [-0.25, -0.2) is 0 Å². The highest BCUT2D eigenvalue weighted by atomic mass is 79.9. The second kappa shape index (κ2) is 8.34. The molecule has 3 heteroatoms. The van der Waals surface area contributed by atoms with Crippen molar-refractivity contribution < 1.29 is 0 Å². The molecule has 1 aromatic carbocycles. The molecule has 1 aliphatic heterocycles. The van der Waals surface area contributed by atoms with Crippen molar-refractivity contribution in [3.05, 3.63) is 34.9 Å². The molecular formula is C20H29BrN2. The molecule has 0 N–H and O–H groups in total. The number of aromatic nitrogens is 1. The molecule has 0 spiro atoms. The van der Waals surface area contributed by atoms with E-state index in [9.17, 15) is 0 Å². The van der Waals surface area contributed by atoms with Crippen LogP contribution in [0, 0.1) is 5.92 Å². The molecule has 126 valence electrons. The number of hydrogen-bond donors (Lipinski definition) is 0. The minimum atomic E-state index is 0.998. The largest absolute Gasteiger partial charge is 0.347 e. The van der Waals surface area contributed by atoms with Crippen LogP contribution in [0.25, 0.3) is 10.9 Å². The number of fused-ring (bicyclic) bond motifs is 1. The van der Waals surface area contributed by atoms with Crippen molar-refractivity contribution in [2.24, 2.45) is 5.92 Å². The number of aryl methyl sites for hydroxylation is 1. The molecule has 2 nitrogen and oxygen atoms in total. The average molecular weight is 377 g/mol. The maximum atomic E-state index is 3.55. The number of halogens is 1. The van der Waals surface area contributed by atoms with E-state index >= 15 is 0 Å². The fourth-order valence-corrected chi connectivity index (χ4v) is 4.20. The Balaban J connectivity index is 1.43. The Morgan fingerprint density at radius 1 is 1.09 bits per heavy atom. The van der Waals surface area contributed by atoms with Crippen LogP contribution in [0.1, 0.15) is 45.4 Å². The predicted molar refractivity (Wildman–Crippen MR) is 103 cm³/mol. The normalized spacial score (nSPS) is 17.1. The fourth-order valence-electron chi connectivity index (χ4n) is 3.82. The highest BCUT2D eigenvalue weighted by Gasteiger charge is 2.18. The van der Waals surface area contributed by atoms with E-state index in [1.54, 1.807) is 0 Å². The number of rotatable bonds is 7. The van der Waals surface area contributed by atoms with Crippen LogP contribution in [0.2, 0.25) is 0 Å². The van der Waals surface area contributed by atoms with E-state index in [2.05, 4.69) is 62.8 Å². The molecule has 0 amide bonds. The summed E-state index contributed by atoms with van der Waals surface area (Å²) in [4.78, 5) is 2.67. The predicted octanol–water partition coefficient (Wildman–Crippen LogP) is 5.70. The van der Waals surface area contributed by atoms with Gasteiger partial charge in [-0.15, -0.1) is 0 Å². The number of benzene rings is 1. The van der Waals surface area contributed by atoms with E-state index in [4.69, 9.17) is 0 Å². The maximum Gasteiger partial charge on any atom is 0.0481 e. The Bertz CT molecular complexity index is 611. The number of piperidine rings is 1. The second-order valence-electron chi connectivity index (χ2n) is 6.99. The van der Waals surface area contributed by atoms with Gasteiger partial charge in [0.1, 0.15) is 0 Å². The van der Waals surface area contributed by atoms with Gasteiger partial charge in [-0.1, -0.05) is 42.1 Å². The smallest absolute Gasteiger partial charge is 0.0481 e. The SMILES string of the molecule is CCCCC1CCN(CCCn2ccc3cc(Br)ccc32)CC1. The molecule has 23 heavy (non-hydrogen) atoms. The van der Waals surface area contributed by atoms with Crippen LogP contribution in [0.15, 0.2) is 34.9 Å². The van der Waals surface area contributed by atoms with Gasteiger partial charge in [-0.05, 0) is 69.1 Å². The third-order valence-electron chi connectivity index (χ3n) is 5.28. The lowest BCUT2D eigenvalue weighted by Crippen LogP contribution is -2.34. The molecule has 0 atom stereocenters. The van der Waals surface area contributed by atoms with E-state index < -0.39 is 0 Å². The summed E-state index contributed by atoms with van der Waals surface area (Å²) in [6.07, 6.45) is 10.5. The van der Waals surface area contributed by atoms with Crippen LogP contribution in [-0.4, -0.2) is 29.1 Å². The monoisotopic (exact) mass is 376 g/mol. The van der Waals surface area contributed by atoms with Gasteiger partial charge in [-0.2, -0.15) is 0 Å². The summed E-state index contributed by atoms with van der Waals surface area (Å²) in [5.41, 5.74) is 1.35. The van der Waals surface area contributed by atoms with Gasteiger partial charge < -0.3 is 9.47 Å². The van der Waals surface area contributed by atoms with Gasteiger partial charge in [0.25, 0.3) is 0 Å². The standard InChI is InChI=1S/C20H29BrN2/c1-2-3-5-17-8-13-22(14-9-17)11-4-12-23-15-10-18-16-19(21)6-7-20(18)23/h6-7,10,15-17H,2-5,8-9,11-14H2,1H3. The van der Waals surface area contributed by atoms with Crippen LogP contribution in [-0.2, 0) is 6.54 Å². The van der Waals surface area contributed by atoms with E-state index in [-0.39, 0.29) is 0 Å². The lowest BCUT2D eigenvalue weighted by molar-refractivity contribution is 0.174. The van der Waals surface area contributed by atoms with Crippen LogP contribution in [0.3, 0.4) is 0 Å². The van der Waals surface area contributed by atoms with Gasteiger partial charge in [-0.3, -0.25) is 0 Å². The molecule has 2 aromatic rings. The molecular weight excluding hydrogens is 348 g/mol. The van der Waals surface area contributed by atoms with E-state index in [1.165, 1.54) is 69.1 Å². The van der Waals surface area contributed by atoms with E-state index in [0.717, 1.165) is 16.9 Å². The Morgan fingerprint density at radius 3 is 2.70 bits per heavy atom. The van der Waals surface area contributed by atoms with Gasteiger partial charge >= 0.3 is 0 Å². The van der Waals surface area contributed by atoms with Crippen molar-refractivity contribution in [2.45, 2.75) is 52.0 Å². The van der Waals surface area contributed by atoms with Crippen molar-refractivity contribution in [2.75, 3.05) is 19.6 Å². The van der Waals surface area contributed by atoms with Crippen LogP contribution >= 0.6 is 15.9 Å². The van der Waals surface area contributed by atoms with Crippen LogP contribution < -0.4 is 0 Å². The summed E-state index contributed by atoms with van der Waals surface area (Å²) in [6.45, 7) is 7.30.